The minimum Gasteiger partial charge on any atom is -0.490 e. The minimum atomic E-state index is 0.277. The summed E-state index contributed by atoms with van der Waals surface area (Å²) < 4.78 is 10.8. The lowest BCUT2D eigenvalue weighted by molar-refractivity contribution is 0.187. The molecule has 2 aliphatic rings. The number of hydrogen-bond acceptors (Lipinski definition) is 2. The number of benzene rings is 1. The van der Waals surface area contributed by atoms with Gasteiger partial charge >= 0.3 is 0 Å². The van der Waals surface area contributed by atoms with Crippen LogP contribution in [0.5, 0.6) is 0 Å². The highest BCUT2D eigenvalue weighted by Crippen LogP contribution is 2.26. The first-order valence-electron chi connectivity index (χ1n) is 5.47. The molecule has 2 heteroatoms. The molecule has 0 bridgehead atoms. The van der Waals surface area contributed by atoms with Gasteiger partial charge in [0.2, 0.25) is 0 Å². The van der Waals surface area contributed by atoms with Crippen molar-refractivity contribution in [3.05, 3.63) is 59.4 Å². The lowest BCUT2D eigenvalue weighted by atomic mass is 9.93. The van der Waals surface area contributed by atoms with Crippen LogP contribution in [0.1, 0.15) is 11.1 Å². The van der Waals surface area contributed by atoms with Crippen molar-refractivity contribution < 1.29 is 9.47 Å². The summed E-state index contributed by atoms with van der Waals surface area (Å²) in [6.45, 7) is 5.46. The predicted octanol–water partition coefficient (Wildman–Crippen LogP) is 2.25. The van der Waals surface area contributed by atoms with Crippen molar-refractivity contribution >= 4 is 0 Å². The molecule has 1 heterocycles. The molecule has 0 N–H and O–H groups in total. The molecule has 3 rings (SSSR count). The second-order valence-electron chi connectivity index (χ2n) is 4.16. The van der Waals surface area contributed by atoms with Crippen molar-refractivity contribution in [3.63, 3.8) is 0 Å². The van der Waals surface area contributed by atoms with Gasteiger partial charge in [-0.1, -0.05) is 30.8 Å². The number of ether oxygens (including phenoxy) is 2. The molecule has 0 amide bonds. The fourth-order valence-corrected chi connectivity index (χ4v) is 1.80. The van der Waals surface area contributed by atoms with E-state index in [1.807, 2.05) is 12.1 Å². The van der Waals surface area contributed by atoms with Gasteiger partial charge in [-0.05, 0) is 16.7 Å². The number of allylic oxidation sites excluding steroid dienone is 1. The molecule has 1 aromatic carbocycles. The summed E-state index contributed by atoms with van der Waals surface area (Å²) >= 11 is 0. The number of fused-ring (bicyclic) bond motifs is 1. The number of hydrogen-bond donors (Lipinski definition) is 0. The van der Waals surface area contributed by atoms with Gasteiger partial charge in [0.05, 0.1) is 6.61 Å². The Morgan fingerprint density at radius 1 is 1.44 bits per heavy atom. The van der Waals surface area contributed by atoms with Gasteiger partial charge in [0.15, 0.2) is 0 Å². The smallest absolute Gasteiger partial charge is 0.130 e. The van der Waals surface area contributed by atoms with Crippen LogP contribution in [-0.2, 0) is 15.9 Å². The Balaban J connectivity index is 1.81. The SMILES string of the molecule is C=C1Cc2ccccc2[C]=C1OCC1CO1. The monoisotopic (exact) mass is 213 g/mol. The molecule has 1 atom stereocenters. The van der Waals surface area contributed by atoms with E-state index < -0.39 is 0 Å². The van der Waals surface area contributed by atoms with Gasteiger partial charge in [-0.3, -0.25) is 0 Å². The van der Waals surface area contributed by atoms with Gasteiger partial charge in [-0.2, -0.15) is 0 Å². The highest BCUT2D eigenvalue weighted by atomic mass is 16.6. The molecule has 1 fully saturated rings. The van der Waals surface area contributed by atoms with Crippen molar-refractivity contribution in [3.8, 4) is 0 Å². The molecule has 0 spiro atoms. The first-order chi connectivity index (χ1) is 7.83. The highest BCUT2D eigenvalue weighted by molar-refractivity contribution is 5.44. The molecule has 1 aromatic rings. The van der Waals surface area contributed by atoms with Gasteiger partial charge in [-0.15, -0.1) is 0 Å². The minimum absolute atomic E-state index is 0.277. The summed E-state index contributed by atoms with van der Waals surface area (Å²) in [5, 5.41) is 0. The van der Waals surface area contributed by atoms with Crippen LogP contribution in [0.4, 0.5) is 0 Å². The van der Waals surface area contributed by atoms with Gasteiger partial charge in [0, 0.05) is 12.5 Å². The Labute approximate surface area is 95.2 Å². The zero-order chi connectivity index (χ0) is 11.0. The standard InChI is InChI=1S/C14H13O2/c1-10-6-11-4-2-3-5-12(11)7-14(10)16-9-13-8-15-13/h2-5,13H,1,6,8-9H2. The van der Waals surface area contributed by atoms with E-state index >= 15 is 0 Å². The van der Waals surface area contributed by atoms with E-state index in [9.17, 15) is 0 Å². The average molecular weight is 213 g/mol. The topological polar surface area (TPSA) is 21.8 Å². The molecule has 1 aliphatic carbocycles. The molecule has 1 radical (unpaired) electrons. The summed E-state index contributed by atoms with van der Waals surface area (Å²) in [6, 6.07) is 8.21. The average Bonchev–Trinajstić information content (AvgIpc) is 3.10. The van der Waals surface area contributed by atoms with Crippen molar-refractivity contribution in [1.29, 1.82) is 0 Å². The van der Waals surface area contributed by atoms with Crippen LogP contribution in [0.15, 0.2) is 42.2 Å². The molecular formula is C14H13O2. The largest absolute Gasteiger partial charge is 0.490 e. The third-order valence-corrected chi connectivity index (χ3v) is 2.81. The Hall–Kier alpha value is -1.54. The van der Waals surface area contributed by atoms with Gasteiger partial charge in [-0.25, -0.2) is 0 Å². The van der Waals surface area contributed by atoms with Crippen LogP contribution in [0.2, 0.25) is 0 Å². The van der Waals surface area contributed by atoms with Crippen LogP contribution in [-0.4, -0.2) is 19.3 Å². The maximum Gasteiger partial charge on any atom is 0.130 e. The molecule has 1 aliphatic heterocycles. The zero-order valence-corrected chi connectivity index (χ0v) is 9.03. The second-order valence-corrected chi connectivity index (χ2v) is 4.16. The van der Waals surface area contributed by atoms with E-state index in [1.54, 1.807) is 0 Å². The normalized spacial score (nSPS) is 22.4. The van der Waals surface area contributed by atoms with E-state index in [0.29, 0.717) is 6.61 Å². The van der Waals surface area contributed by atoms with E-state index in [-0.39, 0.29) is 6.10 Å². The third-order valence-electron chi connectivity index (χ3n) is 2.81. The van der Waals surface area contributed by atoms with Crippen molar-refractivity contribution in [2.45, 2.75) is 12.5 Å². The summed E-state index contributed by atoms with van der Waals surface area (Å²) in [6.07, 6.45) is 4.40. The molecule has 0 aromatic heterocycles. The van der Waals surface area contributed by atoms with Crippen molar-refractivity contribution in [1.82, 2.24) is 0 Å². The van der Waals surface area contributed by atoms with Gasteiger partial charge in [0.25, 0.3) is 0 Å². The first-order valence-corrected chi connectivity index (χ1v) is 5.47. The summed E-state index contributed by atoms with van der Waals surface area (Å²) in [4.78, 5) is 0. The maximum atomic E-state index is 5.66. The highest BCUT2D eigenvalue weighted by Gasteiger charge is 2.24. The van der Waals surface area contributed by atoms with Crippen LogP contribution in [0.25, 0.3) is 0 Å². The molecule has 1 saturated heterocycles. The summed E-state index contributed by atoms with van der Waals surface area (Å²) in [5.74, 6) is 0.786. The predicted molar refractivity (Wildman–Crippen MR) is 60.8 cm³/mol. The van der Waals surface area contributed by atoms with Gasteiger partial charge < -0.3 is 9.47 Å². The van der Waals surface area contributed by atoms with Gasteiger partial charge in [0.1, 0.15) is 18.5 Å². The van der Waals surface area contributed by atoms with Crippen molar-refractivity contribution in [2.24, 2.45) is 0 Å². The Kier molecular flexibility index (Phi) is 2.29. The number of rotatable bonds is 3. The molecule has 16 heavy (non-hydrogen) atoms. The fourth-order valence-electron chi connectivity index (χ4n) is 1.80. The second kappa shape index (κ2) is 3.80. The summed E-state index contributed by atoms with van der Waals surface area (Å²) in [7, 11) is 0. The molecule has 81 valence electrons. The zero-order valence-electron chi connectivity index (χ0n) is 9.03. The Morgan fingerprint density at radius 2 is 2.25 bits per heavy atom. The van der Waals surface area contributed by atoms with Crippen LogP contribution in [0.3, 0.4) is 0 Å². The Morgan fingerprint density at radius 3 is 3.06 bits per heavy atom. The fraction of sp³-hybridized carbons (Fsp3) is 0.286. The van der Waals surface area contributed by atoms with E-state index in [1.165, 1.54) is 5.56 Å². The maximum absolute atomic E-state index is 5.66. The molecule has 2 nitrogen and oxygen atoms in total. The Bertz CT molecular complexity index is 456. The van der Waals surface area contributed by atoms with Crippen LogP contribution in [0, 0.1) is 6.08 Å². The quantitative estimate of drug-likeness (QED) is 0.718. The van der Waals surface area contributed by atoms with Crippen LogP contribution >= 0.6 is 0 Å². The molecular weight excluding hydrogens is 200 g/mol. The molecule has 1 unspecified atom stereocenters. The van der Waals surface area contributed by atoms with Crippen LogP contribution < -0.4 is 0 Å². The number of epoxide rings is 1. The van der Waals surface area contributed by atoms with E-state index in [0.717, 1.165) is 29.9 Å². The lowest BCUT2D eigenvalue weighted by Gasteiger charge is -2.18. The third kappa shape index (κ3) is 1.89. The first kappa shape index (κ1) is 9.67. The van der Waals surface area contributed by atoms with Crippen molar-refractivity contribution in [2.75, 3.05) is 13.2 Å². The molecule has 0 saturated carbocycles. The summed E-state index contributed by atoms with van der Waals surface area (Å²) in [5.41, 5.74) is 3.38. The lowest BCUT2D eigenvalue weighted by Crippen LogP contribution is -2.09. The van der Waals surface area contributed by atoms with E-state index in [4.69, 9.17) is 9.47 Å². The van der Waals surface area contributed by atoms with E-state index in [2.05, 4.69) is 24.8 Å².